The highest BCUT2D eigenvalue weighted by molar-refractivity contribution is 6.30. The molecule has 29 heavy (non-hydrogen) atoms. The Labute approximate surface area is 168 Å². The standard InChI is InChI=1S/C16H17ClFN3O.C2HF3O2/c17-12-5-4-11(14(18)8-12)10-22-16-3-1-2-15(21-16)20-13-6-7-19-9-13;3-2(4,5)1(6)7/h1-5,8,13,19H,6-7,9-10H2,(H,20,21);(H,6,7)/t13-;/m1./s1. The van der Waals surface area contributed by atoms with Gasteiger partial charge in [0, 0.05) is 29.2 Å². The van der Waals surface area contributed by atoms with Crippen molar-refractivity contribution in [3.05, 3.63) is 52.8 Å². The maximum atomic E-state index is 13.7. The van der Waals surface area contributed by atoms with Crippen LogP contribution in [0.5, 0.6) is 5.88 Å². The molecule has 1 aliphatic rings. The van der Waals surface area contributed by atoms with Gasteiger partial charge in [0.2, 0.25) is 5.88 Å². The molecule has 11 heteroatoms. The van der Waals surface area contributed by atoms with Gasteiger partial charge >= 0.3 is 12.1 Å². The van der Waals surface area contributed by atoms with E-state index in [9.17, 15) is 17.6 Å². The van der Waals surface area contributed by atoms with Gasteiger partial charge in [-0.25, -0.2) is 9.18 Å². The van der Waals surface area contributed by atoms with Crippen LogP contribution in [0.3, 0.4) is 0 Å². The van der Waals surface area contributed by atoms with E-state index in [4.69, 9.17) is 26.2 Å². The third-order valence-corrected chi connectivity index (χ3v) is 4.00. The average molecular weight is 436 g/mol. The van der Waals surface area contributed by atoms with Crippen LogP contribution in [0.25, 0.3) is 0 Å². The van der Waals surface area contributed by atoms with E-state index in [-0.39, 0.29) is 12.4 Å². The number of anilines is 1. The first-order valence-electron chi connectivity index (χ1n) is 8.46. The van der Waals surface area contributed by atoms with Crippen LogP contribution in [0.4, 0.5) is 23.4 Å². The van der Waals surface area contributed by atoms with Crippen molar-refractivity contribution in [3.8, 4) is 5.88 Å². The van der Waals surface area contributed by atoms with E-state index in [2.05, 4.69) is 15.6 Å². The molecule has 158 valence electrons. The number of nitrogens with zero attached hydrogens (tertiary/aromatic N) is 1. The molecule has 0 radical (unpaired) electrons. The summed E-state index contributed by atoms with van der Waals surface area (Å²) >= 11 is 5.73. The Morgan fingerprint density at radius 1 is 1.34 bits per heavy atom. The summed E-state index contributed by atoms with van der Waals surface area (Å²) in [5, 5.41) is 14.1. The van der Waals surface area contributed by atoms with Crippen molar-refractivity contribution in [1.29, 1.82) is 0 Å². The largest absolute Gasteiger partial charge is 0.490 e. The van der Waals surface area contributed by atoms with Crippen molar-refractivity contribution in [2.45, 2.75) is 25.2 Å². The Bertz CT molecular complexity index is 830. The number of hydrogen-bond acceptors (Lipinski definition) is 5. The number of nitrogens with one attached hydrogen (secondary N) is 2. The number of carboxylic acids is 1. The summed E-state index contributed by atoms with van der Waals surface area (Å²) in [6, 6.07) is 10.4. The third-order valence-electron chi connectivity index (χ3n) is 3.77. The highest BCUT2D eigenvalue weighted by atomic mass is 35.5. The molecule has 2 heterocycles. The number of carboxylic acid groups (broad SMARTS) is 1. The number of benzene rings is 1. The Balaban J connectivity index is 0.000000370. The van der Waals surface area contributed by atoms with E-state index in [1.54, 1.807) is 18.2 Å². The van der Waals surface area contributed by atoms with Crippen molar-refractivity contribution in [2.24, 2.45) is 0 Å². The van der Waals surface area contributed by atoms with Gasteiger partial charge in [0.05, 0.1) is 0 Å². The van der Waals surface area contributed by atoms with Gasteiger partial charge in [-0.3, -0.25) is 0 Å². The second-order valence-electron chi connectivity index (χ2n) is 6.02. The molecule has 0 saturated carbocycles. The molecule has 0 bridgehead atoms. The van der Waals surface area contributed by atoms with E-state index in [0.717, 1.165) is 25.3 Å². The van der Waals surface area contributed by atoms with Crippen LogP contribution in [-0.2, 0) is 11.4 Å². The van der Waals surface area contributed by atoms with Gasteiger partial charge in [-0.2, -0.15) is 18.2 Å². The minimum absolute atomic E-state index is 0.116. The molecule has 0 spiro atoms. The van der Waals surface area contributed by atoms with E-state index >= 15 is 0 Å². The van der Waals surface area contributed by atoms with Crippen molar-refractivity contribution in [1.82, 2.24) is 10.3 Å². The van der Waals surface area contributed by atoms with Gasteiger partial charge in [-0.15, -0.1) is 0 Å². The molecule has 2 aromatic rings. The fourth-order valence-corrected chi connectivity index (χ4v) is 2.51. The lowest BCUT2D eigenvalue weighted by molar-refractivity contribution is -0.192. The number of aliphatic carboxylic acids is 1. The minimum atomic E-state index is -5.08. The molecule has 3 rings (SSSR count). The summed E-state index contributed by atoms with van der Waals surface area (Å²) in [5.74, 6) is -1.90. The van der Waals surface area contributed by atoms with Crippen LogP contribution >= 0.6 is 11.6 Å². The molecule has 1 aromatic carbocycles. The number of carbonyl (C=O) groups is 1. The Morgan fingerprint density at radius 2 is 2.07 bits per heavy atom. The first-order chi connectivity index (χ1) is 13.6. The molecule has 0 amide bonds. The lowest BCUT2D eigenvalue weighted by Gasteiger charge is -2.13. The van der Waals surface area contributed by atoms with Crippen LogP contribution in [-0.4, -0.2) is 41.4 Å². The molecule has 6 nitrogen and oxygen atoms in total. The number of rotatable bonds is 5. The molecule has 0 aliphatic carbocycles. The second-order valence-corrected chi connectivity index (χ2v) is 6.46. The van der Waals surface area contributed by atoms with Crippen LogP contribution in [0.1, 0.15) is 12.0 Å². The normalized spacial score (nSPS) is 16.0. The predicted octanol–water partition coefficient (Wildman–Crippen LogP) is 3.86. The molecular formula is C18H18ClF4N3O3. The molecule has 1 fully saturated rings. The third kappa shape index (κ3) is 7.74. The molecule has 1 aromatic heterocycles. The molecular weight excluding hydrogens is 418 g/mol. The van der Waals surface area contributed by atoms with Crippen LogP contribution in [0.15, 0.2) is 36.4 Å². The lowest BCUT2D eigenvalue weighted by atomic mass is 10.2. The maximum Gasteiger partial charge on any atom is 0.490 e. The van der Waals surface area contributed by atoms with Crippen molar-refractivity contribution in [3.63, 3.8) is 0 Å². The summed E-state index contributed by atoms with van der Waals surface area (Å²) in [6.45, 7) is 2.07. The van der Waals surface area contributed by atoms with Crippen LogP contribution in [0.2, 0.25) is 5.02 Å². The van der Waals surface area contributed by atoms with Gasteiger partial charge in [0.1, 0.15) is 18.2 Å². The first kappa shape index (κ1) is 22.7. The molecule has 1 saturated heterocycles. The Kier molecular flexibility index (Phi) is 8.03. The maximum absolute atomic E-state index is 13.7. The molecule has 0 unspecified atom stereocenters. The predicted molar refractivity (Wildman–Crippen MR) is 98.6 cm³/mol. The smallest absolute Gasteiger partial charge is 0.475 e. The van der Waals surface area contributed by atoms with Crippen molar-refractivity contribution < 1.29 is 32.2 Å². The van der Waals surface area contributed by atoms with Gasteiger partial charge < -0.3 is 20.5 Å². The lowest BCUT2D eigenvalue weighted by Crippen LogP contribution is -2.22. The number of aromatic nitrogens is 1. The Morgan fingerprint density at radius 3 is 2.66 bits per heavy atom. The summed E-state index contributed by atoms with van der Waals surface area (Å²) in [4.78, 5) is 13.3. The summed E-state index contributed by atoms with van der Waals surface area (Å²) in [5.41, 5.74) is 0.449. The highest BCUT2D eigenvalue weighted by Crippen LogP contribution is 2.18. The number of hydrogen-bond donors (Lipinski definition) is 3. The van der Waals surface area contributed by atoms with Crippen molar-refractivity contribution >= 4 is 23.4 Å². The summed E-state index contributed by atoms with van der Waals surface area (Å²) in [7, 11) is 0. The van der Waals surface area contributed by atoms with Crippen molar-refractivity contribution in [2.75, 3.05) is 18.4 Å². The second kappa shape index (κ2) is 10.3. The van der Waals surface area contributed by atoms with Crippen LogP contribution in [0, 0.1) is 5.82 Å². The van der Waals surface area contributed by atoms with Gasteiger partial charge in [-0.05, 0) is 31.2 Å². The fraction of sp³-hybridized carbons (Fsp3) is 0.333. The number of ether oxygens (including phenoxy) is 1. The zero-order chi connectivity index (χ0) is 21.4. The zero-order valence-electron chi connectivity index (χ0n) is 15.0. The topological polar surface area (TPSA) is 83.5 Å². The van der Waals surface area contributed by atoms with E-state index in [1.165, 1.54) is 6.07 Å². The van der Waals surface area contributed by atoms with Gasteiger partial charge in [0.15, 0.2) is 0 Å². The first-order valence-corrected chi connectivity index (χ1v) is 8.84. The minimum Gasteiger partial charge on any atom is -0.475 e. The molecule has 1 aliphatic heterocycles. The van der Waals surface area contributed by atoms with E-state index in [0.29, 0.717) is 22.5 Å². The monoisotopic (exact) mass is 435 g/mol. The number of alkyl halides is 3. The SMILES string of the molecule is Fc1cc(Cl)ccc1COc1cccc(N[C@@H]2CCNC2)n1.O=C(O)C(F)(F)F. The quantitative estimate of drug-likeness (QED) is 0.619. The van der Waals surface area contributed by atoms with Gasteiger partial charge in [0.25, 0.3) is 0 Å². The zero-order valence-corrected chi connectivity index (χ0v) is 15.7. The fourth-order valence-electron chi connectivity index (χ4n) is 2.35. The van der Waals surface area contributed by atoms with Crippen LogP contribution < -0.4 is 15.4 Å². The number of pyridine rings is 1. The average Bonchev–Trinajstić information content (AvgIpc) is 3.14. The molecule has 3 N–H and O–H groups in total. The van der Waals surface area contributed by atoms with Gasteiger partial charge in [-0.1, -0.05) is 23.7 Å². The summed E-state index contributed by atoms with van der Waals surface area (Å²) in [6.07, 6.45) is -4.01. The Hall–Kier alpha value is -2.59. The van der Waals surface area contributed by atoms with E-state index < -0.39 is 12.1 Å². The van der Waals surface area contributed by atoms with E-state index in [1.807, 2.05) is 12.1 Å². The summed E-state index contributed by atoms with van der Waals surface area (Å²) < 4.78 is 51.0. The highest BCUT2D eigenvalue weighted by Gasteiger charge is 2.38. The molecule has 1 atom stereocenters. The number of halogens is 5.